The Balaban J connectivity index is 1.57. The highest BCUT2D eigenvalue weighted by molar-refractivity contribution is 7.89. The summed E-state index contributed by atoms with van der Waals surface area (Å²) in [6.07, 6.45) is 4.54. The highest BCUT2D eigenvalue weighted by atomic mass is 32.2. The molecule has 4 rings (SSSR count). The fourth-order valence-electron chi connectivity index (χ4n) is 6.41. The lowest BCUT2D eigenvalue weighted by Crippen LogP contribution is -2.46. The van der Waals surface area contributed by atoms with Crippen LogP contribution >= 0.6 is 0 Å². The van der Waals surface area contributed by atoms with Crippen LogP contribution in [0.4, 0.5) is 0 Å². The standard InChI is InChI=1S/C29H46N4O6S/c1-4-5-13-31(14-6-12-30(2)3)27(34)21-32-20-24(22-8-9-26-23(19-22)11-17-39-26)28(29(35)36)25(32)10-16-33-15-7-18-40(33,37)38/h8-9,19,24-25,28H,4-7,10-18,20-21H2,1-3H3,(H,35,36)/t24-,25+,28-/m1/s1. The molecule has 0 aliphatic carbocycles. The number of benzene rings is 1. The van der Waals surface area contributed by atoms with Gasteiger partial charge in [0, 0.05) is 51.1 Å². The van der Waals surface area contributed by atoms with E-state index in [2.05, 4.69) is 17.9 Å². The van der Waals surface area contributed by atoms with E-state index in [1.54, 1.807) is 0 Å². The molecule has 1 N–H and O–H groups in total. The summed E-state index contributed by atoms with van der Waals surface area (Å²) in [5.41, 5.74) is 2.03. The van der Waals surface area contributed by atoms with Gasteiger partial charge in [0.25, 0.3) is 0 Å². The topological polar surface area (TPSA) is 111 Å². The van der Waals surface area contributed by atoms with Gasteiger partial charge in [0.15, 0.2) is 0 Å². The van der Waals surface area contributed by atoms with E-state index in [9.17, 15) is 23.1 Å². The summed E-state index contributed by atoms with van der Waals surface area (Å²) in [5.74, 6) is -0.939. The van der Waals surface area contributed by atoms with Gasteiger partial charge in [-0.2, -0.15) is 0 Å². The van der Waals surface area contributed by atoms with E-state index in [1.165, 1.54) is 4.31 Å². The lowest BCUT2D eigenvalue weighted by molar-refractivity contribution is -0.143. The summed E-state index contributed by atoms with van der Waals surface area (Å²) < 4.78 is 32.1. The van der Waals surface area contributed by atoms with Crippen LogP contribution in [0.15, 0.2) is 18.2 Å². The van der Waals surface area contributed by atoms with Crippen LogP contribution in [0.5, 0.6) is 5.75 Å². The number of ether oxygens (including phenoxy) is 1. The molecule has 2 fully saturated rings. The molecule has 1 aromatic rings. The molecule has 3 aliphatic rings. The number of carbonyl (C=O) groups excluding carboxylic acids is 1. The number of unbranched alkanes of at least 4 members (excludes halogenated alkanes) is 1. The van der Waals surface area contributed by atoms with Gasteiger partial charge in [-0.05, 0) is 63.5 Å². The largest absolute Gasteiger partial charge is 0.493 e. The second-order valence-electron chi connectivity index (χ2n) is 11.7. The van der Waals surface area contributed by atoms with Gasteiger partial charge < -0.3 is 19.6 Å². The van der Waals surface area contributed by atoms with Gasteiger partial charge in [-0.15, -0.1) is 0 Å². The quantitative estimate of drug-likeness (QED) is 0.357. The average molecular weight is 579 g/mol. The molecule has 10 nitrogen and oxygen atoms in total. The summed E-state index contributed by atoms with van der Waals surface area (Å²) >= 11 is 0. The first-order valence-electron chi connectivity index (χ1n) is 14.7. The summed E-state index contributed by atoms with van der Waals surface area (Å²) in [6, 6.07) is 5.49. The van der Waals surface area contributed by atoms with Gasteiger partial charge in [-0.25, -0.2) is 12.7 Å². The maximum atomic E-state index is 13.7. The number of sulfonamides is 1. The maximum absolute atomic E-state index is 13.7. The summed E-state index contributed by atoms with van der Waals surface area (Å²) in [5, 5.41) is 10.5. The van der Waals surface area contributed by atoms with Crippen molar-refractivity contribution in [1.82, 2.24) is 19.0 Å². The highest BCUT2D eigenvalue weighted by Crippen LogP contribution is 2.41. The van der Waals surface area contributed by atoms with E-state index in [-0.39, 0.29) is 30.7 Å². The van der Waals surface area contributed by atoms with Gasteiger partial charge in [0.05, 0.1) is 24.8 Å². The molecule has 224 valence electrons. The minimum Gasteiger partial charge on any atom is -0.493 e. The second kappa shape index (κ2) is 13.6. The van der Waals surface area contributed by atoms with Gasteiger partial charge in [-0.1, -0.05) is 25.5 Å². The molecule has 0 bridgehead atoms. The fraction of sp³-hybridized carbons (Fsp3) is 0.724. The number of rotatable bonds is 14. The van der Waals surface area contributed by atoms with E-state index in [1.807, 2.05) is 36.0 Å². The van der Waals surface area contributed by atoms with Crippen molar-refractivity contribution < 1.29 is 27.9 Å². The lowest BCUT2D eigenvalue weighted by Gasteiger charge is -2.30. The zero-order valence-corrected chi connectivity index (χ0v) is 25.1. The molecule has 3 heterocycles. The van der Waals surface area contributed by atoms with Gasteiger partial charge in [0.2, 0.25) is 15.9 Å². The fourth-order valence-corrected chi connectivity index (χ4v) is 7.95. The summed E-state index contributed by atoms with van der Waals surface area (Å²) in [4.78, 5) is 32.5. The van der Waals surface area contributed by atoms with Crippen molar-refractivity contribution in [3.63, 3.8) is 0 Å². The van der Waals surface area contributed by atoms with Crippen LogP contribution in [0.1, 0.15) is 56.1 Å². The Labute approximate surface area is 239 Å². The molecule has 0 spiro atoms. The Morgan fingerprint density at radius 1 is 1.15 bits per heavy atom. The molecular weight excluding hydrogens is 532 g/mol. The number of amides is 1. The molecule has 2 saturated heterocycles. The van der Waals surface area contributed by atoms with Crippen molar-refractivity contribution in [3.05, 3.63) is 29.3 Å². The number of aliphatic carboxylic acids is 1. The minimum atomic E-state index is -3.30. The molecule has 3 aliphatic heterocycles. The second-order valence-corrected chi connectivity index (χ2v) is 13.8. The van der Waals surface area contributed by atoms with E-state index in [4.69, 9.17) is 4.74 Å². The Bertz CT molecular complexity index is 1140. The predicted molar refractivity (Wildman–Crippen MR) is 154 cm³/mol. The summed E-state index contributed by atoms with van der Waals surface area (Å²) in [6.45, 7) is 6.29. The van der Waals surface area contributed by atoms with Gasteiger partial charge in [-0.3, -0.25) is 14.5 Å². The molecule has 11 heteroatoms. The van der Waals surface area contributed by atoms with E-state index in [0.717, 1.165) is 49.1 Å². The van der Waals surface area contributed by atoms with Crippen molar-refractivity contribution in [2.24, 2.45) is 5.92 Å². The van der Waals surface area contributed by atoms with E-state index < -0.39 is 28.0 Å². The average Bonchev–Trinajstić information content (AvgIpc) is 3.60. The Morgan fingerprint density at radius 3 is 2.60 bits per heavy atom. The van der Waals surface area contributed by atoms with Crippen LogP contribution in [-0.4, -0.2) is 123 Å². The number of nitrogens with zero attached hydrogens (tertiary/aromatic N) is 4. The first-order chi connectivity index (χ1) is 19.1. The molecule has 40 heavy (non-hydrogen) atoms. The lowest BCUT2D eigenvalue weighted by atomic mass is 9.83. The van der Waals surface area contributed by atoms with Crippen molar-refractivity contribution in [3.8, 4) is 5.75 Å². The zero-order valence-electron chi connectivity index (χ0n) is 24.3. The van der Waals surface area contributed by atoms with Crippen molar-refractivity contribution >= 4 is 21.9 Å². The van der Waals surface area contributed by atoms with Crippen LogP contribution in [0.2, 0.25) is 0 Å². The van der Waals surface area contributed by atoms with Crippen molar-refractivity contribution in [1.29, 1.82) is 0 Å². The van der Waals surface area contributed by atoms with Crippen LogP contribution in [0, 0.1) is 5.92 Å². The van der Waals surface area contributed by atoms with Crippen molar-refractivity contribution in [2.45, 2.75) is 57.4 Å². The van der Waals surface area contributed by atoms with Gasteiger partial charge in [0.1, 0.15) is 5.75 Å². The number of carbonyl (C=O) groups is 2. The molecule has 1 amide bonds. The third-order valence-electron chi connectivity index (χ3n) is 8.56. The third kappa shape index (κ3) is 7.35. The first kappa shape index (κ1) is 30.7. The van der Waals surface area contributed by atoms with Crippen LogP contribution in [0.25, 0.3) is 0 Å². The number of fused-ring (bicyclic) bond motifs is 1. The Morgan fingerprint density at radius 2 is 1.93 bits per heavy atom. The minimum absolute atomic E-state index is 0.0122. The molecule has 0 radical (unpaired) electrons. The van der Waals surface area contributed by atoms with E-state index in [0.29, 0.717) is 45.6 Å². The van der Waals surface area contributed by atoms with Crippen LogP contribution in [-0.2, 0) is 26.0 Å². The Hall–Kier alpha value is -2.21. The normalized spacial score (nSPS) is 24.4. The molecule has 1 aromatic carbocycles. The zero-order chi connectivity index (χ0) is 28.9. The van der Waals surface area contributed by atoms with Crippen LogP contribution in [0.3, 0.4) is 0 Å². The number of hydrogen-bond acceptors (Lipinski definition) is 7. The van der Waals surface area contributed by atoms with Gasteiger partial charge >= 0.3 is 5.97 Å². The number of carboxylic acid groups (broad SMARTS) is 1. The maximum Gasteiger partial charge on any atom is 0.308 e. The van der Waals surface area contributed by atoms with E-state index >= 15 is 0 Å². The third-order valence-corrected chi connectivity index (χ3v) is 10.5. The Kier molecular flexibility index (Phi) is 10.5. The monoisotopic (exact) mass is 578 g/mol. The van der Waals surface area contributed by atoms with Crippen molar-refractivity contribution in [2.75, 3.05) is 72.3 Å². The van der Waals surface area contributed by atoms with Crippen LogP contribution < -0.4 is 4.74 Å². The molecule has 3 atom stereocenters. The molecule has 0 saturated carbocycles. The molecule has 0 unspecified atom stereocenters. The smallest absolute Gasteiger partial charge is 0.308 e. The first-order valence-corrected chi connectivity index (χ1v) is 16.3. The molecular formula is C29H46N4O6S. The number of carboxylic acids is 1. The predicted octanol–water partition coefficient (Wildman–Crippen LogP) is 2.10. The highest BCUT2D eigenvalue weighted by Gasteiger charge is 2.47. The number of hydrogen-bond donors (Lipinski definition) is 1. The molecule has 0 aromatic heterocycles. The number of likely N-dealkylation sites (tertiary alicyclic amines) is 1. The summed E-state index contributed by atoms with van der Waals surface area (Å²) in [7, 11) is 0.741. The SMILES string of the molecule is CCCCN(CCCN(C)C)C(=O)CN1C[C@H](c2ccc3c(c2)CCO3)[C@@H](C(=O)O)[C@@H]1CCN1CCCS1(=O)=O.